The molecule has 1 N–H and O–H groups in total. The largest absolute Gasteiger partial charge is 0.373 e. The molecule has 82 valence electrons. The van der Waals surface area contributed by atoms with Crippen LogP contribution < -0.4 is 5.32 Å². The van der Waals surface area contributed by atoms with E-state index in [0.29, 0.717) is 0 Å². The molecular weight excluding hydrogens is 220 g/mol. The highest BCUT2D eigenvalue weighted by Gasteiger charge is 1.98. The third-order valence-corrected chi connectivity index (χ3v) is 3.04. The van der Waals surface area contributed by atoms with Crippen LogP contribution in [0.5, 0.6) is 0 Å². The van der Waals surface area contributed by atoms with Gasteiger partial charge in [-0.2, -0.15) is 0 Å². The predicted molar refractivity (Wildman–Crippen MR) is 65.4 cm³/mol. The molecule has 4 nitrogen and oxygen atoms in total. The topological polar surface area (TPSA) is 50.7 Å². The number of nitrogens with zero attached hydrogens (tertiary/aromatic N) is 3. The molecule has 5 heteroatoms. The van der Waals surface area contributed by atoms with E-state index in [0.717, 1.165) is 16.6 Å². The van der Waals surface area contributed by atoms with Crippen molar-refractivity contribution in [3.05, 3.63) is 42.5 Å². The average Bonchev–Trinajstić information content (AvgIpc) is 2.38. The Morgan fingerprint density at radius 2 is 2.19 bits per heavy atom. The first-order chi connectivity index (χ1) is 7.88. The number of aromatic nitrogens is 3. The van der Waals surface area contributed by atoms with E-state index in [1.165, 1.54) is 5.56 Å². The summed E-state index contributed by atoms with van der Waals surface area (Å²) in [6, 6.07) is 5.95. The van der Waals surface area contributed by atoms with Gasteiger partial charge in [0.2, 0.25) is 0 Å². The van der Waals surface area contributed by atoms with Crippen molar-refractivity contribution in [1.29, 1.82) is 0 Å². The molecule has 0 aromatic carbocycles. The maximum atomic E-state index is 4.17. The highest BCUT2D eigenvalue weighted by molar-refractivity contribution is 7.98. The molecule has 0 saturated carbocycles. The lowest BCUT2D eigenvalue weighted by atomic mass is 10.3. The lowest BCUT2D eigenvalue weighted by molar-refractivity contribution is 1.05. The summed E-state index contributed by atoms with van der Waals surface area (Å²) in [5.41, 5.74) is 1.22. The quantitative estimate of drug-likeness (QED) is 0.647. The molecule has 0 amide bonds. The van der Waals surface area contributed by atoms with Crippen LogP contribution in [0.4, 0.5) is 5.82 Å². The van der Waals surface area contributed by atoms with Crippen molar-refractivity contribution in [1.82, 2.24) is 15.0 Å². The van der Waals surface area contributed by atoms with Crippen molar-refractivity contribution in [2.45, 2.75) is 10.8 Å². The molecule has 0 spiro atoms. The second-order valence-corrected chi connectivity index (χ2v) is 4.13. The van der Waals surface area contributed by atoms with E-state index < -0.39 is 0 Å². The maximum Gasteiger partial charge on any atom is 0.125 e. The van der Waals surface area contributed by atoms with Crippen molar-refractivity contribution < 1.29 is 0 Å². The van der Waals surface area contributed by atoms with E-state index in [-0.39, 0.29) is 0 Å². The molecule has 2 aromatic rings. The molecule has 0 aliphatic heterocycles. The first-order valence-electron chi connectivity index (χ1n) is 4.90. The second kappa shape index (κ2) is 5.46. The standard InChI is InChI=1S/C11H12N4S/c1-12-10-6-9(2-5-14-10)7-16-11-3-4-13-8-15-11/h2-6,8H,7H2,1H3,(H,12,14). The number of pyridine rings is 1. The number of hydrogen-bond acceptors (Lipinski definition) is 5. The molecule has 2 rings (SSSR count). The Balaban J connectivity index is 1.99. The fourth-order valence-electron chi connectivity index (χ4n) is 1.22. The van der Waals surface area contributed by atoms with Crippen LogP contribution in [0, 0.1) is 0 Å². The van der Waals surface area contributed by atoms with Gasteiger partial charge in [0.25, 0.3) is 0 Å². The van der Waals surface area contributed by atoms with E-state index in [4.69, 9.17) is 0 Å². The maximum absolute atomic E-state index is 4.17. The summed E-state index contributed by atoms with van der Waals surface area (Å²) in [6.45, 7) is 0. The van der Waals surface area contributed by atoms with Crippen molar-refractivity contribution in [2.75, 3.05) is 12.4 Å². The summed E-state index contributed by atoms with van der Waals surface area (Å²) in [5, 5.41) is 4.00. The molecule has 0 bridgehead atoms. The molecule has 0 atom stereocenters. The van der Waals surface area contributed by atoms with Gasteiger partial charge in [-0.15, -0.1) is 11.8 Å². The second-order valence-electron chi connectivity index (χ2n) is 3.14. The summed E-state index contributed by atoms with van der Waals surface area (Å²) in [7, 11) is 1.86. The Bertz CT molecular complexity index is 447. The van der Waals surface area contributed by atoms with Crippen LogP contribution in [0.3, 0.4) is 0 Å². The lowest BCUT2D eigenvalue weighted by Crippen LogP contribution is -1.93. The van der Waals surface area contributed by atoms with E-state index in [1.54, 1.807) is 24.3 Å². The summed E-state index contributed by atoms with van der Waals surface area (Å²) in [6.07, 6.45) is 5.12. The third kappa shape index (κ3) is 2.93. The minimum Gasteiger partial charge on any atom is -0.373 e. The summed E-state index contributed by atoms with van der Waals surface area (Å²) < 4.78 is 0. The summed E-state index contributed by atoms with van der Waals surface area (Å²) in [5.74, 6) is 1.77. The molecule has 0 radical (unpaired) electrons. The molecule has 0 fully saturated rings. The van der Waals surface area contributed by atoms with Gasteiger partial charge in [0.05, 0.1) is 5.03 Å². The molecule has 2 heterocycles. The van der Waals surface area contributed by atoms with Crippen molar-refractivity contribution >= 4 is 17.6 Å². The van der Waals surface area contributed by atoms with Gasteiger partial charge in [-0.05, 0) is 23.8 Å². The molecule has 0 aliphatic rings. The molecule has 0 unspecified atom stereocenters. The number of nitrogens with one attached hydrogen (secondary N) is 1. The fourth-order valence-corrected chi connectivity index (χ4v) is 1.99. The van der Waals surface area contributed by atoms with Crippen LogP contribution in [-0.4, -0.2) is 22.0 Å². The van der Waals surface area contributed by atoms with Gasteiger partial charge >= 0.3 is 0 Å². The highest BCUT2D eigenvalue weighted by Crippen LogP contribution is 2.20. The van der Waals surface area contributed by atoms with Crippen molar-refractivity contribution in [2.24, 2.45) is 0 Å². The Morgan fingerprint density at radius 1 is 1.25 bits per heavy atom. The van der Waals surface area contributed by atoms with Gasteiger partial charge < -0.3 is 5.32 Å². The third-order valence-electron chi connectivity index (χ3n) is 2.02. The number of anilines is 1. The van der Waals surface area contributed by atoms with E-state index in [1.807, 2.05) is 31.4 Å². The molecule has 0 aliphatic carbocycles. The zero-order chi connectivity index (χ0) is 11.2. The van der Waals surface area contributed by atoms with Crippen LogP contribution in [0.1, 0.15) is 5.56 Å². The van der Waals surface area contributed by atoms with Gasteiger partial charge in [0.15, 0.2) is 0 Å². The average molecular weight is 232 g/mol. The Hall–Kier alpha value is -1.62. The van der Waals surface area contributed by atoms with Gasteiger partial charge in [0, 0.05) is 25.2 Å². The van der Waals surface area contributed by atoms with Crippen molar-refractivity contribution in [3.8, 4) is 0 Å². The minimum absolute atomic E-state index is 0.883. The molecular formula is C11H12N4S. The Kier molecular flexibility index (Phi) is 3.71. The highest BCUT2D eigenvalue weighted by atomic mass is 32.2. The van der Waals surface area contributed by atoms with E-state index in [2.05, 4.69) is 20.3 Å². The summed E-state index contributed by atoms with van der Waals surface area (Å²) in [4.78, 5) is 12.2. The first kappa shape index (κ1) is 10.9. The molecule has 2 aromatic heterocycles. The lowest BCUT2D eigenvalue weighted by Gasteiger charge is -2.03. The van der Waals surface area contributed by atoms with Crippen LogP contribution in [0.15, 0.2) is 41.9 Å². The fraction of sp³-hybridized carbons (Fsp3) is 0.182. The normalized spacial score (nSPS) is 10.1. The zero-order valence-electron chi connectivity index (χ0n) is 8.92. The monoisotopic (exact) mass is 232 g/mol. The van der Waals surface area contributed by atoms with E-state index >= 15 is 0 Å². The first-order valence-corrected chi connectivity index (χ1v) is 5.88. The van der Waals surface area contributed by atoms with Crippen LogP contribution in [-0.2, 0) is 5.75 Å². The smallest absolute Gasteiger partial charge is 0.125 e. The zero-order valence-corrected chi connectivity index (χ0v) is 9.74. The SMILES string of the molecule is CNc1cc(CSc2ccncn2)ccn1. The number of thioether (sulfide) groups is 1. The Morgan fingerprint density at radius 3 is 2.94 bits per heavy atom. The summed E-state index contributed by atoms with van der Waals surface area (Å²) >= 11 is 1.69. The van der Waals surface area contributed by atoms with E-state index in [9.17, 15) is 0 Å². The van der Waals surface area contributed by atoms with Crippen molar-refractivity contribution in [3.63, 3.8) is 0 Å². The number of rotatable bonds is 4. The van der Waals surface area contributed by atoms with Crippen LogP contribution >= 0.6 is 11.8 Å². The van der Waals surface area contributed by atoms with Gasteiger partial charge in [-0.3, -0.25) is 0 Å². The van der Waals surface area contributed by atoms with Crippen LogP contribution in [0.2, 0.25) is 0 Å². The van der Waals surface area contributed by atoms with Gasteiger partial charge in [-0.1, -0.05) is 0 Å². The minimum atomic E-state index is 0.883. The van der Waals surface area contributed by atoms with Gasteiger partial charge in [0.1, 0.15) is 12.1 Å². The molecule has 0 saturated heterocycles. The molecule has 16 heavy (non-hydrogen) atoms. The van der Waals surface area contributed by atoms with Gasteiger partial charge in [-0.25, -0.2) is 15.0 Å². The van der Waals surface area contributed by atoms with Crippen LogP contribution in [0.25, 0.3) is 0 Å². The Labute approximate surface area is 98.6 Å². The predicted octanol–water partition coefficient (Wildman–Crippen LogP) is 2.21. The number of hydrogen-bond donors (Lipinski definition) is 1.